The number of benzene rings is 3. The number of halogens is 2. The molecule has 148 valence electrons. The molecule has 1 heterocycles. The molecule has 3 aromatic carbocycles. The zero-order valence-corrected chi connectivity index (χ0v) is 18.3. The average Bonchev–Trinajstić information content (AvgIpc) is 2.75. The minimum Gasteiger partial charge on any atom is -0.493 e. The van der Waals surface area contributed by atoms with Crippen LogP contribution in [0, 0.1) is 0 Å². The van der Waals surface area contributed by atoms with Crippen LogP contribution in [0.5, 0.6) is 17.2 Å². The van der Waals surface area contributed by atoms with E-state index in [0.29, 0.717) is 23.1 Å². The maximum atomic E-state index is 6.21. The smallest absolute Gasteiger partial charge is 0.162 e. The molecule has 0 atom stereocenters. The first kappa shape index (κ1) is 19.7. The normalized spacial score (nSPS) is 12.8. The maximum absolute atomic E-state index is 6.21. The van der Waals surface area contributed by atoms with Gasteiger partial charge in [0, 0.05) is 33.4 Å². The predicted molar refractivity (Wildman–Crippen MR) is 121 cm³/mol. The van der Waals surface area contributed by atoms with Crippen LogP contribution >= 0.6 is 27.5 Å². The average molecular weight is 473 g/mol. The summed E-state index contributed by atoms with van der Waals surface area (Å²) in [4.78, 5) is 2.18. The first-order valence-electron chi connectivity index (χ1n) is 9.02. The first-order chi connectivity index (χ1) is 14.1. The minimum absolute atomic E-state index is 0.648. The van der Waals surface area contributed by atoms with E-state index in [4.69, 9.17) is 25.8 Å². The van der Waals surface area contributed by atoms with Crippen molar-refractivity contribution in [3.8, 4) is 17.2 Å². The van der Waals surface area contributed by atoms with Crippen LogP contribution in [0.1, 0.15) is 5.56 Å². The zero-order chi connectivity index (χ0) is 20.4. The number of methoxy groups -OCH3 is 2. The van der Waals surface area contributed by atoms with E-state index in [-0.39, 0.29) is 0 Å². The second-order valence-corrected chi connectivity index (χ2v) is 7.79. The van der Waals surface area contributed by atoms with Crippen molar-refractivity contribution in [1.29, 1.82) is 0 Å². The monoisotopic (exact) mass is 471 g/mol. The third-order valence-corrected chi connectivity index (χ3v) is 5.48. The summed E-state index contributed by atoms with van der Waals surface area (Å²) in [5, 5.41) is 0.702. The van der Waals surface area contributed by atoms with Crippen molar-refractivity contribution < 1.29 is 14.2 Å². The number of nitrogens with zero attached hydrogens (tertiary/aromatic N) is 1. The summed E-state index contributed by atoms with van der Waals surface area (Å²) in [6.45, 7) is 0.649. The topological polar surface area (TPSA) is 30.9 Å². The number of hydrogen-bond acceptors (Lipinski definition) is 4. The van der Waals surface area contributed by atoms with E-state index >= 15 is 0 Å². The Morgan fingerprint density at radius 3 is 2.21 bits per heavy atom. The molecule has 1 aliphatic heterocycles. The summed E-state index contributed by atoms with van der Waals surface area (Å²) in [5.74, 6) is 2.85. The van der Waals surface area contributed by atoms with Crippen LogP contribution in [0.2, 0.25) is 5.02 Å². The first-order valence-corrected chi connectivity index (χ1v) is 10.2. The quantitative estimate of drug-likeness (QED) is 0.414. The molecule has 0 aliphatic carbocycles. The summed E-state index contributed by atoms with van der Waals surface area (Å²) in [6, 6.07) is 19.4. The van der Waals surface area contributed by atoms with E-state index in [0.717, 1.165) is 32.9 Å². The Balaban J connectivity index is 1.79. The fraction of sp³-hybridized carbons (Fsp3) is 0.130. The van der Waals surface area contributed by atoms with Gasteiger partial charge >= 0.3 is 0 Å². The zero-order valence-electron chi connectivity index (χ0n) is 16.0. The summed E-state index contributed by atoms with van der Waals surface area (Å²) in [6.07, 6.45) is 2.06. The van der Waals surface area contributed by atoms with E-state index in [1.54, 1.807) is 14.2 Å². The summed E-state index contributed by atoms with van der Waals surface area (Å²) >= 11 is 9.53. The SMILES string of the molecule is COc1cc2c(cc1OC)N(c1ccc(Cl)cc1)CC=C2Oc1ccc(Br)cc1. The number of hydrogen-bond donors (Lipinski definition) is 0. The largest absolute Gasteiger partial charge is 0.493 e. The van der Waals surface area contributed by atoms with E-state index < -0.39 is 0 Å². The van der Waals surface area contributed by atoms with Crippen molar-refractivity contribution in [3.63, 3.8) is 0 Å². The van der Waals surface area contributed by atoms with Crippen molar-refractivity contribution in [1.82, 2.24) is 0 Å². The summed E-state index contributed by atoms with van der Waals surface area (Å²) in [7, 11) is 3.26. The Morgan fingerprint density at radius 1 is 0.897 bits per heavy atom. The molecule has 0 radical (unpaired) electrons. The Bertz CT molecular complexity index is 1050. The molecule has 0 amide bonds. The van der Waals surface area contributed by atoms with Crippen molar-refractivity contribution >= 4 is 44.7 Å². The highest BCUT2D eigenvalue weighted by Gasteiger charge is 2.25. The lowest BCUT2D eigenvalue weighted by Gasteiger charge is -2.31. The van der Waals surface area contributed by atoms with Gasteiger partial charge in [-0.2, -0.15) is 0 Å². The number of anilines is 2. The molecule has 0 saturated heterocycles. The van der Waals surface area contributed by atoms with Crippen LogP contribution in [0.15, 0.2) is 71.2 Å². The van der Waals surface area contributed by atoms with E-state index in [1.807, 2.05) is 60.7 Å². The highest BCUT2D eigenvalue weighted by atomic mass is 79.9. The van der Waals surface area contributed by atoms with Crippen LogP contribution in [0.4, 0.5) is 11.4 Å². The summed E-state index contributed by atoms with van der Waals surface area (Å²) < 4.78 is 18.3. The predicted octanol–water partition coefficient (Wildman–Crippen LogP) is 6.69. The van der Waals surface area contributed by atoms with Crippen LogP contribution in [0.25, 0.3) is 5.76 Å². The van der Waals surface area contributed by atoms with Gasteiger partial charge < -0.3 is 19.1 Å². The lowest BCUT2D eigenvalue weighted by Crippen LogP contribution is -2.23. The molecule has 0 aromatic heterocycles. The fourth-order valence-electron chi connectivity index (χ4n) is 3.26. The molecular weight excluding hydrogens is 454 g/mol. The Hall–Kier alpha value is -2.63. The molecular formula is C23H19BrClNO3. The number of rotatable bonds is 5. The molecule has 0 bridgehead atoms. The summed E-state index contributed by atoms with van der Waals surface area (Å²) in [5.41, 5.74) is 2.92. The van der Waals surface area contributed by atoms with Gasteiger partial charge in [-0.1, -0.05) is 27.5 Å². The molecule has 4 rings (SSSR count). The van der Waals surface area contributed by atoms with Gasteiger partial charge in [-0.3, -0.25) is 0 Å². The molecule has 6 heteroatoms. The van der Waals surface area contributed by atoms with E-state index in [1.165, 1.54) is 0 Å². The minimum atomic E-state index is 0.648. The molecule has 4 nitrogen and oxygen atoms in total. The van der Waals surface area contributed by atoms with Gasteiger partial charge in [-0.15, -0.1) is 0 Å². The molecule has 0 unspecified atom stereocenters. The lowest BCUT2D eigenvalue weighted by atomic mass is 10.0. The molecule has 0 N–H and O–H groups in total. The molecule has 0 spiro atoms. The molecule has 0 fully saturated rings. The van der Waals surface area contributed by atoms with E-state index in [9.17, 15) is 0 Å². The van der Waals surface area contributed by atoms with Crippen LogP contribution in [0.3, 0.4) is 0 Å². The lowest BCUT2D eigenvalue weighted by molar-refractivity contribution is 0.354. The van der Waals surface area contributed by atoms with Crippen molar-refractivity contribution in [2.75, 3.05) is 25.7 Å². The number of ether oxygens (including phenoxy) is 3. The highest BCUT2D eigenvalue weighted by molar-refractivity contribution is 9.10. The van der Waals surface area contributed by atoms with Crippen LogP contribution in [-0.4, -0.2) is 20.8 Å². The highest BCUT2D eigenvalue weighted by Crippen LogP contribution is 2.43. The standard InChI is InChI=1S/C23H19BrClNO3/c1-27-22-13-19-20(14-23(22)28-2)26(17-7-5-16(25)6-8-17)12-11-21(19)29-18-9-3-15(24)4-10-18/h3-11,13-14H,12H2,1-2H3. The molecule has 0 saturated carbocycles. The van der Waals surface area contributed by atoms with Crippen LogP contribution in [-0.2, 0) is 0 Å². The van der Waals surface area contributed by atoms with Gasteiger partial charge in [0.2, 0.25) is 0 Å². The third-order valence-electron chi connectivity index (χ3n) is 4.70. The van der Waals surface area contributed by atoms with Gasteiger partial charge in [0.1, 0.15) is 11.5 Å². The Labute approximate surface area is 183 Å². The second kappa shape index (κ2) is 8.39. The Kier molecular flexibility index (Phi) is 5.69. The van der Waals surface area contributed by atoms with Gasteiger partial charge in [0.05, 0.1) is 19.9 Å². The fourth-order valence-corrected chi connectivity index (χ4v) is 3.65. The molecule has 1 aliphatic rings. The van der Waals surface area contributed by atoms with Crippen LogP contribution < -0.4 is 19.1 Å². The van der Waals surface area contributed by atoms with Crippen molar-refractivity contribution in [2.24, 2.45) is 0 Å². The maximum Gasteiger partial charge on any atom is 0.162 e. The van der Waals surface area contributed by atoms with Gasteiger partial charge in [-0.25, -0.2) is 0 Å². The van der Waals surface area contributed by atoms with Crippen molar-refractivity contribution in [2.45, 2.75) is 0 Å². The van der Waals surface area contributed by atoms with Gasteiger partial charge in [0.25, 0.3) is 0 Å². The van der Waals surface area contributed by atoms with Gasteiger partial charge in [-0.05, 0) is 60.7 Å². The second-order valence-electron chi connectivity index (χ2n) is 6.44. The third kappa shape index (κ3) is 4.07. The van der Waals surface area contributed by atoms with Gasteiger partial charge in [0.15, 0.2) is 11.5 Å². The molecule has 29 heavy (non-hydrogen) atoms. The van der Waals surface area contributed by atoms with E-state index in [2.05, 4.69) is 26.9 Å². The molecule has 3 aromatic rings. The Morgan fingerprint density at radius 2 is 1.55 bits per heavy atom. The van der Waals surface area contributed by atoms with Crippen molar-refractivity contribution in [3.05, 3.63) is 81.8 Å². The number of fused-ring (bicyclic) bond motifs is 1.